The van der Waals surface area contributed by atoms with Gasteiger partial charge < -0.3 is 19.3 Å². The average molecular weight is 480 g/mol. The fourth-order valence-corrected chi connectivity index (χ4v) is 4.16. The molecule has 3 rings (SSSR count). The highest BCUT2D eigenvalue weighted by molar-refractivity contribution is 8.18. The van der Waals surface area contributed by atoms with E-state index in [1.54, 1.807) is 62.4 Å². The number of nitrogens with zero attached hydrogens (tertiary/aromatic N) is 1. The van der Waals surface area contributed by atoms with Gasteiger partial charge in [-0.25, -0.2) is 9.79 Å². The predicted molar refractivity (Wildman–Crippen MR) is 133 cm³/mol. The Morgan fingerprint density at radius 1 is 1.18 bits per heavy atom. The molecule has 0 aliphatic carbocycles. The number of hydrogen-bond acceptors (Lipinski definition) is 7. The highest BCUT2D eigenvalue weighted by atomic mass is 32.2. The molecular formula is C26H25NO6S. The Morgan fingerprint density at radius 3 is 2.62 bits per heavy atom. The van der Waals surface area contributed by atoms with Gasteiger partial charge in [-0.15, -0.1) is 0 Å². The largest absolute Gasteiger partial charge is 0.506 e. The summed E-state index contributed by atoms with van der Waals surface area (Å²) in [5.74, 6) is -0.524. The average Bonchev–Trinajstić information content (AvgIpc) is 3.12. The van der Waals surface area contributed by atoms with Crippen LogP contribution in [0.4, 0.5) is 0 Å². The summed E-state index contributed by atoms with van der Waals surface area (Å²) in [6.45, 7) is 7.53. The molecule has 2 aromatic carbocycles. The van der Waals surface area contributed by atoms with Crippen LogP contribution < -0.4 is 9.47 Å². The smallest absolute Gasteiger partial charge is 0.344 e. The fourth-order valence-electron chi connectivity index (χ4n) is 3.15. The zero-order chi connectivity index (χ0) is 24.7. The van der Waals surface area contributed by atoms with Crippen molar-refractivity contribution in [2.45, 2.75) is 13.8 Å². The first kappa shape index (κ1) is 24.9. The Morgan fingerprint density at radius 2 is 1.94 bits per heavy atom. The number of aliphatic hydroxyl groups excluding tert-OH is 1. The number of hydrogen-bond donors (Lipinski definition) is 1. The zero-order valence-corrected chi connectivity index (χ0v) is 20.0. The van der Waals surface area contributed by atoms with Gasteiger partial charge in [0, 0.05) is 5.56 Å². The molecule has 2 aromatic rings. The third-order valence-electron chi connectivity index (χ3n) is 4.79. The molecule has 1 N–H and O–H groups in total. The Balaban J connectivity index is 2.00. The minimum Gasteiger partial charge on any atom is -0.506 e. The lowest BCUT2D eigenvalue weighted by atomic mass is 10.1. The van der Waals surface area contributed by atoms with Crippen LogP contribution in [0.25, 0.3) is 6.08 Å². The van der Waals surface area contributed by atoms with Crippen LogP contribution in [0.15, 0.2) is 76.3 Å². The number of aliphatic imine (C=N–C) groups is 1. The van der Waals surface area contributed by atoms with Crippen LogP contribution in [0.5, 0.6) is 11.5 Å². The minimum atomic E-state index is -0.752. The number of ether oxygens (including phenoxy) is 3. The Hall–Kier alpha value is -3.78. The number of rotatable bonds is 8. The van der Waals surface area contributed by atoms with Crippen LogP contribution in [0.2, 0.25) is 0 Å². The van der Waals surface area contributed by atoms with Crippen LogP contribution in [0.3, 0.4) is 0 Å². The van der Waals surface area contributed by atoms with Crippen LogP contribution in [0.1, 0.15) is 28.4 Å². The number of amides is 1. The molecule has 8 heteroatoms. The van der Waals surface area contributed by atoms with Gasteiger partial charge in [-0.1, -0.05) is 48.7 Å². The van der Waals surface area contributed by atoms with Gasteiger partial charge in [-0.05, 0) is 49.2 Å². The van der Waals surface area contributed by atoms with Gasteiger partial charge in [-0.3, -0.25) is 4.79 Å². The van der Waals surface area contributed by atoms with Gasteiger partial charge in [0.05, 0.1) is 18.6 Å². The van der Waals surface area contributed by atoms with Crippen molar-refractivity contribution >= 4 is 34.8 Å². The van der Waals surface area contributed by atoms with Crippen LogP contribution in [-0.2, 0) is 9.53 Å². The summed E-state index contributed by atoms with van der Waals surface area (Å²) < 4.78 is 16.0. The molecule has 0 bridgehead atoms. The fraction of sp³-hybridized carbons (Fsp3) is 0.192. The maximum Gasteiger partial charge on any atom is 0.344 e. The Bertz CT molecular complexity index is 1210. The van der Waals surface area contributed by atoms with E-state index >= 15 is 0 Å². The Kier molecular flexibility index (Phi) is 8.32. The predicted octanol–water partition coefficient (Wildman–Crippen LogP) is 5.27. The van der Waals surface area contributed by atoms with Gasteiger partial charge in [0.2, 0.25) is 0 Å². The summed E-state index contributed by atoms with van der Waals surface area (Å²) in [4.78, 5) is 29.9. The van der Waals surface area contributed by atoms with Crippen molar-refractivity contribution in [2.75, 3.05) is 20.3 Å². The molecule has 0 atom stereocenters. The molecule has 7 nitrogen and oxygen atoms in total. The molecule has 0 fully saturated rings. The zero-order valence-electron chi connectivity index (χ0n) is 19.2. The standard InChI is InChI=1S/C26H25NO6S/c1-5-13-33-19-12-11-17(14-20(19)31-4)15-21-23(28)22(26(30)32-6-2)25(34-21)27-24(29)18-10-8-7-9-16(18)3/h5,7-12,14-15,28H,1,6,13H2,2-4H3. The van der Waals surface area contributed by atoms with E-state index in [9.17, 15) is 14.7 Å². The van der Waals surface area contributed by atoms with E-state index in [-0.39, 0.29) is 23.0 Å². The van der Waals surface area contributed by atoms with Crippen molar-refractivity contribution in [3.05, 3.63) is 88.0 Å². The van der Waals surface area contributed by atoms with Gasteiger partial charge in [0.1, 0.15) is 23.0 Å². The lowest BCUT2D eigenvalue weighted by molar-refractivity contribution is -0.138. The topological polar surface area (TPSA) is 94.4 Å². The van der Waals surface area contributed by atoms with Gasteiger partial charge >= 0.3 is 5.97 Å². The monoisotopic (exact) mass is 479 g/mol. The van der Waals surface area contributed by atoms with Crippen molar-refractivity contribution in [1.82, 2.24) is 0 Å². The molecule has 34 heavy (non-hydrogen) atoms. The van der Waals surface area contributed by atoms with E-state index < -0.39 is 11.9 Å². The van der Waals surface area contributed by atoms with Gasteiger partial charge in [-0.2, -0.15) is 0 Å². The molecule has 0 saturated carbocycles. The first-order valence-corrected chi connectivity index (χ1v) is 11.3. The minimum absolute atomic E-state index is 0.0772. The molecule has 1 aliphatic heterocycles. The molecule has 0 saturated heterocycles. The molecule has 1 heterocycles. The highest BCUT2D eigenvalue weighted by Gasteiger charge is 2.34. The molecule has 1 amide bonds. The molecule has 0 spiro atoms. The quantitative estimate of drug-likeness (QED) is 0.407. The molecular weight excluding hydrogens is 454 g/mol. The van der Waals surface area contributed by atoms with E-state index in [0.29, 0.717) is 34.1 Å². The van der Waals surface area contributed by atoms with Crippen LogP contribution >= 0.6 is 11.8 Å². The number of aryl methyl sites for hydroxylation is 1. The third-order valence-corrected chi connectivity index (χ3v) is 5.81. The summed E-state index contributed by atoms with van der Waals surface area (Å²) in [6.07, 6.45) is 3.29. The lowest BCUT2D eigenvalue weighted by Gasteiger charge is -2.10. The van der Waals surface area contributed by atoms with Crippen molar-refractivity contribution in [3.8, 4) is 11.5 Å². The first-order chi connectivity index (χ1) is 16.4. The van der Waals surface area contributed by atoms with E-state index in [2.05, 4.69) is 11.6 Å². The maximum absolute atomic E-state index is 12.8. The van der Waals surface area contributed by atoms with Crippen LogP contribution in [-0.4, -0.2) is 42.4 Å². The molecule has 0 unspecified atom stereocenters. The molecule has 176 valence electrons. The van der Waals surface area contributed by atoms with Crippen molar-refractivity contribution in [2.24, 2.45) is 4.99 Å². The molecule has 1 aliphatic rings. The second kappa shape index (κ2) is 11.4. The van der Waals surface area contributed by atoms with E-state index in [1.807, 2.05) is 6.07 Å². The molecule has 0 aromatic heterocycles. The second-order valence-electron chi connectivity index (χ2n) is 7.10. The summed E-state index contributed by atoms with van der Waals surface area (Å²) in [6, 6.07) is 12.3. The number of carbonyl (C=O) groups is 2. The van der Waals surface area contributed by atoms with Gasteiger partial charge in [0.15, 0.2) is 11.5 Å². The van der Waals surface area contributed by atoms with Crippen molar-refractivity contribution in [1.29, 1.82) is 0 Å². The summed E-state index contributed by atoms with van der Waals surface area (Å²) >= 11 is 1.02. The van der Waals surface area contributed by atoms with Crippen molar-refractivity contribution < 1.29 is 28.9 Å². The van der Waals surface area contributed by atoms with E-state index in [0.717, 1.165) is 17.3 Å². The number of carbonyl (C=O) groups excluding carboxylic acids is 2. The van der Waals surface area contributed by atoms with E-state index in [1.165, 1.54) is 7.11 Å². The summed E-state index contributed by atoms with van der Waals surface area (Å²) in [5, 5.41) is 10.9. The third kappa shape index (κ3) is 5.58. The molecule has 0 radical (unpaired) electrons. The summed E-state index contributed by atoms with van der Waals surface area (Å²) in [7, 11) is 1.52. The van der Waals surface area contributed by atoms with Gasteiger partial charge in [0.25, 0.3) is 5.91 Å². The Labute approximate surface area is 202 Å². The van der Waals surface area contributed by atoms with E-state index in [4.69, 9.17) is 14.2 Å². The SMILES string of the molecule is C=CCOc1ccc(C=C2SC(=NC(=O)c3ccccc3C)C(C(=O)OCC)=C2O)cc1OC. The van der Waals surface area contributed by atoms with Crippen molar-refractivity contribution in [3.63, 3.8) is 0 Å². The maximum atomic E-state index is 12.8. The number of benzene rings is 2. The normalized spacial score (nSPS) is 15.5. The highest BCUT2D eigenvalue weighted by Crippen LogP contribution is 2.40. The first-order valence-electron chi connectivity index (χ1n) is 10.5. The summed E-state index contributed by atoms with van der Waals surface area (Å²) in [5.41, 5.74) is 1.72. The number of thioether (sulfide) groups is 1. The number of methoxy groups -OCH3 is 1. The second-order valence-corrected chi connectivity index (χ2v) is 8.13. The van der Waals surface area contributed by atoms with Crippen LogP contribution in [0, 0.1) is 6.92 Å². The lowest BCUT2D eigenvalue weighted by Crippen LogP contribution is -2.14. The number of aliphatic hydroxyl groups is 1. The number of esters is 1.